The molecule has 0 aromatic rings. The SMILES string of the molecule is CC(C)CCC[C@@H](C)[C@H]1CC[C@H]2[C@@H]3CCC4CC(C)(C)CC[C@]4(C)[C@H]3CC[C@]12C. The minimum Gasteiger partial charge on any atom is -0.0628 e. The second-order valence-electron chi connectivity index (χ2n) is 14.1. The molecule has 1 unspecified atom stereocenters. The molecule has 8 atom stereocenters. The maximum Gasteiger partial charge on any atom is -0.0264 e. The first-order chi connectivity index (χ1) is 13.6. The van der Waals surface area contributed by atoms with Crippen LogP contribution in [0.4, 0.5) is 0 Å². The van der Waals surface area contributed by atoms with E-state index in [-0.39, 0.29) is 0 Å². The molecule has 0 aromatic carbocycles. The lowest BCUT2D eigenvalue weighted by atomic mass is 9.43. The summed E-state index contributed by atoms with van der Waals surface area (Å²) in [6.07, 6.45) is 18.2. The van der Waals surface area contributed by atoms with Gasteiger partial charge in [-0.1, -0.05) is 67.7 Å². The van der Waals surface area contributed by atoms with Crippen molar-refractivity contribution in [2.24, 2.45) is 57.7 Å². The molecule has 4 fully saturated rings. The highest BCUT2D eigenvalue weighted by molar-refractivity contribution is 5.10. The number of fused-ring (bicyclic) bond motifs is 5. The first kappa shape index (κ1) is 22.2. The minimum atomic E-state index is 0.601. The largest absolute Gasteiger partial charge is 0.0628 e. The van der Waals surface area contributed by atoms with E-state index in [9.17, 15) is 0 Å². The summed E-state index contributed by atoms with van der Waals surface area (Å²) >= 11 is 0. The van der Waals surface area contributed by atoms with Crippen LogP contribution in [0.3, 0.4) is 0 Å². The second kappa shape index (κ2) is 7.85. The number of rotatable bonds is 5. The lowest BCUT2D eigenvalue weighted by Gasteiger charge is -2.62. The molecule has 0 heteroatoms. The van der Waals surface area contributed by atoms with Crippen molar-refractivity contribution >= 4 is 0 Å². The molecule has 0 radical (unpaired) electrons. The van der Waals surface area contributed by atoms with E-state index in [1.165, 1.54) is 38.5 Å². The third-order valence-electron chi connectivity index (χ3n) is 11.4. The van der Waals surface area contributed by atoms with Crippen LogP contribution in [0, 0.1) is 57.7 Å². The Kier molecular flexibility index (Phi) is 6.01. The molecule has 0 aromatic heterocycles. The molecule has 0 spiro atoms. The molecule has 0 saturated heterocycles. The fourth-order valence-corrected chi connectivity index (χ4v) is 9.66. The average molecular weight is 401 g/mol. The van der Waals surface area contributed by atoms with Gasteiger partial charge in [-0.25, -0.2) is 0 Å². The van der Waals surface area contributed by atoms with Gasteiger partial charge in [0.05, 0.1) is 0 Å². The molecule has 0 N–H and O–H groups in total. The van der Waals surface area contributed by atoms with Gasteiger partial charge in [0.2, 0.25) is 0 Å². The molecule has 0 bridgehead atoms. The Hall–Kier alpha value is 0. The monoisotopic (exact) mass is 400 g/mol. The lowest BCUT2D eigenvalue weighted by Crippen LogP contribution is -2.54. The summed E-state index contributed by atoms with van der Waals surface area (Å²) in [6.45, 7) is 18.0. The molecule has 0 nitrogen and oxygen atoms in total. The highest BCUT2D eigenvalue weighted by Gasteiger charge is 2.60. The summed E-state index contributed by atoms with van der Waals surface area (Å²) in [5.74, 6) is 7.00. The fraction of sp³-hybridized carbons (Fsp3) is 1.00. The van der Waals surface area contributed by atoms with Crippen molar-refractivity contribution in [2.45, 2.75) is 126 Å². The zero-order valence-corrected chi connectivity index (χ0v) is 21.0. The van der Waals surface area contributed by atoms with Crippen molar-refractivity contribution in [1.82, 2.24) is 0 Å². The number of hydrogen-bond acceptors (Lipinski definition) is 0. The molecule has 4 aliphatic rings. The van der Waals surface area contributed by atoms with E-state index < -0.39 is 0 Å². The lowest BCUT2D eigenvalue weighted by molar-refractivity contribution is -0.129. The standard InChI is InChI=1S/C29H52/c1-20(2)9-8-10-21(3)24-13-14-25-23-12-11-22-19-27(4,5)17-18-28(22,6)26(23)15-16-29(24,25)7/h20-26H,8-19H2,1-7H3/t21-,22?,23+,24-,25+,26+,28+,29-/m1/s1. The Bertz CT molecular complexity index is 573. The van der Waals surface area contributed by atoms with Gasteiger partial charge < -0.3 is 0 Å². The molecular weight excluding hydrogens is 348 g/mol. The highest BCUT2D eigenvalue weighted by Crippen LogP contribution is 2.69. The van der Waals surface area contributed by atoms with E-state index in [4.69, 9.17) is 0 Å². The number of hydrogen-bond donors (Lipinski definition) is 0. The van der Waals surface area contributed by atoms with Crippen molar-refractivity contribution in [1.29, 1.82) is 0 Å². The smallest absolute Gasteiger partial charge is 0.0264 e. The van der Waals surface area contributed by atoms with Crippen LogP contribution in [0.2, 0.25) is 0 Å². The topological polar surface area (TPSA) is 0 Å². The van der Waals surface area contributed by atoms with Gasteiger partial charge in [0.1, 0.15) is 0 Å². The van der Waals surface area contributed by atoms with Crippen LogP contribution in [0.5, 0.6) is 0 Å². The van der Waals surface area contributed by atoms with Gasteiger partial charge in [0.25, 0.3) is 0 Å². The van der Waals surface area contributed by atoms with Crippen molar-refractivity contribution in [3.63, 3.8) is 0 Å². The summed E-state index contributed by atoms with van der Waals surface area (Å²) in [6, 6.07) is 0. The maximum absolute atomic E-state index is 2.75. The van der Waals surface area contributed by atoms with Gasteiger partial charge in [-0.05, 0) is 115 Å². The highest BCUT2D eigenvalue weighted by atomic mass is 14.7. The van der Waals surface area contributed by atoms with Crippen LogP contribution in [0.15, 0.2) is 0 Å². The van der Waals surface area contributed by atoms with Crippen LogP contribution < -0.4 is 0 Å². The van der Waals surface area contributed by atoms with E-state index in [0.29, 0.717) is 16.2 Å². The van der Waals surface area contributed by atoms with Crippen molar-refractivity contribution in [3.8, 4) is 0 Å². The molecule has 4 rings (SSSR count). The fourth-order valence-electron chi connectivity index (χ4n) is 9.66. The van der Waals surface area contributed by atoms with Crippen molar-refractivity contribution in [2.75, 3.05) is 0 Å². The van der Waals surface area contributed by atoms with Crippen LogP contribution in [0.25, 0.3) is 0 Å². The van der Waals surface area contributed by atoms with Gasteiger partial charge in [-0.15, -0.1) is 0 Å². The Morgan fingerprint density at radius 3 is 2.17 bits per heavy atom. The van der Waals surface area contributed by atoms with E-state index in [0.717, 1.165) is 41.4 Å². The van der Waals surface area contributed by atoms with E-state index >= 15 is 0 Å². The van der Waals surface area contributed by atoms with E-state index in [1.807, 2.05) is 0 Å². The maximum atomic E-state index is 2.75. The third-order valence-corrected chi connectivity index (χ3v) is 11.4. The normalized spacial score (nSPS) is 47.4. The first-order valence-corrected chi connectivity index (χ1v) is 13.6. The molecule has 4 saturated carbocycles. The summed E-state index contributed by atoms with van der Waals surface area (Å²) in [7, 11) is 0. The van der Waals surface area contributed by atoms with E-state index in [1.54, 1.807) is 38.5 Å². The summed E-state index contributed by atoms with van der Waals surface area (Å²) in [5.41, 5.74) is 1.93. The molecular formula is C29H52. The van der Waals surface area contributed by atoms with E-state index in [2.05, 4.69) is 48.5 Å². The molecule has 29 heavy (non-hydrogen) atoms. The van der Waals surface area contributed by atoms with Gasteiger partial charge in [-0.2, -0.15) is 0 Å². The van der Waals surface area contributed by atoms with Crippen molar-refractivity contribution < 1.29 is 0 Å². The molecule has 4 aliphatic carbocycles. The Balaban J connectivity index is 1.46. The Morgan fingerprint density at radius 1 is 0.724 bits per heavy atom. The Labute approximate surface area is 183 Å². The van der Waals surface area contributed by atoms with Crippen LogP contribution in [-0.2, 0) is 0 Å². The zero-order chi connectivity index (χ0) is 21.0. The Morgan fingerprint density at radius 2 is 1.45 bits per heavy atom. The van der Waals surface area contributed by atoms with Gasteiger partial charge >= 0.3 is 0 Å². The summed E-state index contributed by atoms with van der Waals surface area (Å²) in [5, 5.41) is 0. The summed E-state index contributed by atoms with van der Waals surface area (Å²) in [4.78, 5) is 0. The molecule has 0 heterocycles. The molecule has 168 valence electrons. The second-order valence-corrected chi connectivity index (χ2v) is 14.1. The molecule has 0 amide bonds. The molecule has 0 aliphatic heterocycles. The van der Waals surface area contributed by atoms with Crippen molar-refractivity contribution in [3.05, 3.63) is 0 Å². The van der Waals surface area contributed by atoms with Gasteiger partial charge in [-0.3, -0.25) is 0 Å². The average Bonchev–Trinajstić information content (AvgIpc) is 2.99. The summed E-state index contributed by atoms with van der Waals surface area (Å²) < 4.78 is 0. The third kappa shape index (κ3) is 3.86. The van der Waals surface area contributed by atoms with Crippen LogP contribution in [-0.4, -0.2) is 0 Å². The van der Waals surface area contributed by atoms with Gasteiger partial charge in [0.15, 0.2) is 0 Å². The predicted molar refractivity (Wildman–Crippen MR) is 127 cm³/mol. The van der Waals surface area contributed by atoms with Crippen LogP contribution >= 0.6 is 0 Å². The quantitative estimate of drug-likeness (QED) is 0.431. The minimum absolute atomic E-state index is 0.601. The predicted octanol–water partition coefficient (Wildman–Crippen LogP) is 9.13. The first-order valence-electron chi connectivity index (χ1n) is 13.6. The van der Waals surface area contributed by atoms with Gasteiger partial charge in [0, 0.05) is 0 Å². The van der Waals surface area contributed by atoms with Crippen LogP contribution in [0.1, 0.15) is 126 Å². The zero-order valence-electron chi connectivity index (χ0n) is 21.0.